The third kappa shape index (κ3) is 1.49. The molecule has 4 nitrogen and oxygen atoms in total. The fourth-order valence-electron chi connectivity index (χ4n) is 1.17. The standard InChI is InChI=1S/C9H5NO3S/c11-10(12)7-2-3-8-6(5-7)1-4-9(14)13-8/h1-5H. The number of hydrogen-bond donors (Lipinski definition) is 0. The lowest BCUT2D eigenvalue weighted by Crippen LogP contribution is -1.86. The molecule has 0 spiro atoms. The Bertz CT molecular complexity index is 561. The first-order valence-corrected chi connectivity index (χ1v) is 4.26. The molecule has 1 aromatic carbocycles. The fourth-order valence-corrected chi connectivity index (χ4v) is 1.33. The number of fused-ring (bicyclic) bond motifs is 1. The summed E-state index contributed by atoms with van der Waals surface area (Å²) in [5.74, 6) is 0. The minimum Gasteiger partial charge on any atom is -0.445 e. The average Bonchev–Trinajstić information content (AvgIpc) is 2.16. The van der Waals surface area contributed by atoms with E-state index >= 15 is 0 Å². The molecule has 0 bridgehead atoms. The van der Waals surface area contributed by atoms with E-state index < -0.39 is 4.92 Å². The molecule has 0 amide bonds. The molecule has 1 heterocycles. The van der Waals surface area contributed by atoms with Gasteiger partial charge in [0.15, 0.2) is 4.71 Å². The van der Waals surface area contributed by atoms with E-state index in [1.165, 1.54) is 12.1 Å². The summed E-state index contributed by atoms with van der Waals surface area (Å²) in [6.07, 6.45) is 0. The van der Waals surface area contributed by atoms with Crippen molar-refractivity contribution >= 4 is 28.9 Å². The van der Waals surface area contributed by atoms with Crippen molar-refractivity contribution in [3.05, 3.63) is 45.2 Å². The lowest BCUT2D eigenvalue weighted by molar-refractivity contribution is -0.384. The Kier molecular flexibility index (Phi) is 2.01. The molecule has 70 valence electrons. The van der Waals surface area contributed by atoms with Gasteiger partial charge in [0, 0.05) is 17.5 Å². The Labute approximate surface area is 83.9 Å². The molecule has 0 aliphatic heterocycles. The summed E-state index contributed by atoms with van der Waals surface area (Å²) in [5, 5.41) is 11.1. The highest BCUT2D eigenvalue weighted by Crippen LogP contribution is 2.20. The second-order valence-corrected chi connectivity index (χ2v) is 3.14. The Balaban J connectivity index is 2.73. The smallest absolute Gasteiger partial charge is 0.270 e. The summed E-state index contributed by atoms with van der Waals surface area (Å²) < 4.78 is 5.56. The number of rotatable bonds is 1. The highest BCUT2D eigenvalue weighted by atomic mass is 32.1. The van der Waals surface area contributed by atoms with Gasteiger partial charge in [0.2, 0.25) is 0 Å². The van der Waals surface area contributed by atoms with Crippen LogP contribution < -0.4 is 0 Å². The molecule has 0 aliphatic carbocycles. The Morgan fingerprint density at radius 1 is 1.29 bits per heavy atom. The molecule has 0 saturated carbocycles. The van der Waals surface area contributed by atoms with Crippen molar-refractivity contribution in [2.24, 2.45) is 0 Å². The van der Waals surface area contributed by atoms with E-state index in [0.717, 1.165) is 0 Å². The first kappa shape index (κ1) is 8.83. The van der Waals surface area contributed by atoms with E-state index in [1.54, 1.807) is 18.2 Å². The zero-order valence-electron chi connectivity index (χ0n) is 6.97. The van der Waals surface area contributed by atoms with Gasteiger partial charge in [0.05, 0.1) is 4.92 Å². The van der Waals surface area contributed by atoms with E-state index in [0.29, 0.717) is 15.7 Å². The van der Waals surface area contributed by atoms with Crippen LogP contribution in [0.5, 0.6) is 0 Å². The van der Waals surface area contributed by atoms with Gasteiger partial charge in [-0.25, -0.2) is 0 Å². The predicted molar refractivity (Wildman–Crippen MR) is 53.7 cm³/mol. The van der Waals surface area contributed by atoms with E-state index in [2.05, 4.69) is 0 Å². The molecule has 0 atom stereocenters. The summed E-state index contributed by atoms with van der Waals surface area (Å²) in [6, 6.07) is 7.69. The summed E-state index contributed by atoms with van der Waals surface area (Å²) in [4.78, 5) is 10.0. The van der Waals surface area contributed by atoms with Crippen molar-refractivity contribution < 1.29 is 9.34 Å². The average molecular weight is 207 g/mol. The second-order valence-electron chi connectivity index (χ2n) is 2.73. The molecule has 0 aliphatic rings. The summed E-state index contributed by atoms with van der Waals surface area (Å²) in [6.45, 7) is 0. The molecule has 0 unspecified atom stereocenters. The van der Waals surface area contributed by atoms with Gasteiger partial charge in [-0.05, 0) is 30.4 Å². The zero-order chi connectivity index (χ0) is 10.1. The monoisotopic (exact) mass is 207 g/mol. The maximum atomic E-state index is 10.5. The van der Waals surface area contributed by atoms with Gasteiger partial charge in [-0.3, -0.25) is 10.1 Å². The molecule has 2 aromatic rings. The maximum absolute atomic E-state index is 10.5. The number of non-ortho nitro benzene ring substituents is 1. The molecule has 0 saturated heterocycles. The Morgan fingerprint density at radius 2 is 2.07 bits per heavy atom. The van der Waals surface area contributed by atoms with Crippen LogP contribution in [0.1, 0.15) is 0 Å². The lowest BCUT2D eigenvalue weighted by Gasteiger charge is -1.95. The molecular formula is C9H5NO3S. The number of nitrogens with zero attached hydrogens (tertiary/aromatic N) is 1. The first-order chi connectivity index (χ1) is 6.66. The molecule has 5 heteroatoms. The zero-order valence-corrected chi connectivity index (χ0v) is 7.78. The Hall–Kier alpha value is -1.75. The topological polar surface area (TPSA) is 56.3 Å². The van der Waals surface area contributed by atoms with Gasteiger partial charge in [-0.2, -0.15) is 0 Å². The van der Waals surface area contributed by atoms with Gasteiger partial charge in [0.25, 0.3) is 5.69 Å². The van der Waals surface area contributed by atoms with E-state index in [-0.39, 0.29) is 5.69 Å². The number of nitro groups is 1. The summed E-state index contributed by atoms with van der Waals surface area (Å²) in [5.41, 5.74) is 0.605. The number of hydrogen-bond acceptors (Lipinski definition) is 4. The summed E-state index contributed by atoms with van der Waals surface area (Å²) >= 11 is 4.82. The molecule has 2 rings (SSSR count). The van der Waals surface area contributed by atoms with Crippen LogP contribution >= 0.6 is 12.2 Å². The van der Waals surface area contributed by atoms with E-state index in [9.17, 15) is 10.1 Å². The SMILES string of the molecule is O=[N+]([O-])c1ccc2oc(=S)ccc2c1. The fraction of sp³-hybridized carbons (Fsp3) is 0. The third-order valence-corrected chi connectivity index (χ3v) is 2.03. The minimum atomic E-state index is -0.443. The first-order valence-electron chi connectivity index (χ1n) is 3.85. The molecular weight excluding hydrogens is 202 g/mol. The molecule has 0 fully saturated rings. The van der Waals surface area contributed by atoms with Gasteiger partial charge >= 0.3 is 0 Å². The molecule has 0 radical (unpaired) electrons. The van der Waals surface area contributed by atoms with Crippen LogP contribution in [0.2, 0.25) is 0 Å². The quantitative estimate of drug-likeness (QED) is 0.409. The maximum Gasteiger partial charge on any atom is 0.270 e. The van der Waals surface area contributed by atoms with Crippen molar-refractivity contribution in [1.29, 1.82) is 0 Å². The highest BCUT2D eigenvalue weighted by Gasteiger charge is 2.06. The highest BCUT2D eigenvalue weighted by molar-refractivity contribution is 7.71. The normalized spacial score (nSPS) is 10.3. The van der Waals surface area contributed by atoms with Crippen molar-refractivity contribution in [2.75, 3.05) is 0 Å². The molecule has 1 aromatic heterocycles. The van der Waals surface area contributed by atoms with Crippen LogP contribution in [-0.4, -0.2) is 4.92 Å². The van der Waals surface area contributed by atoms with Crippen molar-refractivity contribution in [2.45, 2.75) is 0 Å². The van der Waals surface area contributed by atoms with Gasteiger partial charge in [0.1, 0.15) is 5.58 Å². The van der Waals surface area contributed by atoms with Crippen LogP contribution in [0.3, 0.4) is 0 Å². The minimum absolute atomic E-state index is 0.0461. The van der Waals surface area contributed by atoms with Crippen LogP contribution in [0.25, 0.3) is 11.0 Å². The largest absolute Gasteiger partial charge is 0.445 e. The van der Waals surface area contributed by atoms with Gasteiger partial charge in [-0.15, -0.1) is 0 Å². The van der Waals surface area contributed by atoms with E-state index in [1.807, 2.05) is 0 Å². The van der Waals surface area contributed by atoms with Crippen LogP contribution in [0, 0.1) is 14.8 Å². The van der Waals surface area contributed by atoms with Crippen LogP contribution in [-0.2, 0) is 0 Å². The summed E-state index contributed by atoms with van der Waals surface area (Å²) in [7, 11) is 0. The van der Waals surface area contributed by atoms with Crippen LogP contribution in [0.15, 0.2) is 34.7 Å². The number of nitro benzene ring substituents is 1. The van der Waals surface area contributed by atoms with Gasteiger partial charge < -0.3 is 4.42 Å². The van der Waals surface area contributed by atoms with Crippen molar-refractivity contribution in [1.82, 2.24) is 0 Å². The number of benzene rings is 1. The van der Waals surface area contributed by atoms with Crippen molar-refractivity contribution in [3.8, 4) is 0 Å². The predicted octanol–water partition coefficient (Wildman–Crippen LogP) is 3.07. The lowest BCUT2D eigenvalue weighted by atomic mass is 10.2. The van der Waals surface area contributed by atoms with E-state index in [4.69, 9.17) is 16.6 Å². The Morgan fingerprint density at radius 3 is 2.79 bits per heavy atom. The molecule has 0 N–H and O–H groups in total. The van der Waals surface area contributed by atoms with Gasteiger partial charge in [-0.1, -0.05) is 0 Å². The second kappa shape index (κ2) is 3.19. The third-order valence-electron chi connectivity index (χ3n) is 1.81. The van der Waals surface area contributed by atoms with Crippen LogP contribution in [0.4, 0.5) is 5.69 Å². The molecule has 14 heavy (non-hydrogen) atoms. The van der Waals surface area contributed by atoms with Crippen molar-refractivity contribution in [3.63, 3.8) is 0 Å².